The Hall–Kier alpha value is -1.11. The van der Waals surface area contributed by atoms with Gasteiger partial charge in [-0.1, -0.05) is 0 Å². The molecule has 1 aliphatic rings. The summed E-state index contributed by atoms with van der Waals surface area (Å²) in [5, 5.41) is 0. The van der Waals surface area contributed by atoms with Crippen LogP contribution in [0.5, 0.6) is 0 Å². The van der Waals surface area contributed by atoms with Gasteiger partial charge in [0.15, 0.2) is 6.29 Å². The van der Waals surface area contributed by atoms with Gasteiger partial charge in [0.1, 0.15) is 0 Å². The Labute approximate surface area is 131 Å². The topological polar surface area (TPSA) is 48.4 Å². The zero-order valence-corrected chi connectivity index (χ0v) is 13.7. The molecule has 0 aliphatic carbocycles. The van der Waals surface area contributed by atoms with E-state index in [9.17, 15) is 4.79 Å². The van der Waals surface area contributed by atoms with Crippen LogP contribution >= 0.6 is 12.6 Å². The Bertz CT molecular complexity index is 539. The summed E-state index contributed by atoms with van der Waals surface area (Å²) in [6.07, 6.45) is 4.21. The smallest absolute Gasteiger partial charge is 0.400 e. The Balaban J connectivity index is 2.23. The van der Waals surface area contributed by atoms with Crippen molar-refractivity contribution < 1.29 is 14.1 Å². The molecule has 4 nitrogen and oxygen atoms in total. The van der Waals surface area contributed by atoms with Gasteiger partial charge in [0.25, 0.3) is 0 Å². The van der Waals surface area contributed by atoms with E-state index in [2.05, 4.69) is 17.6 Å². The molecule has 0 unspecified atom stereocenters. The molecule has 0 amide bonds. The average molecular weight is 305 g/mol. The number of hydrogen-bond acceptors (Lipinski definition) is 5. The van der Waals surface area contributed by atoms with Crippen molar-refractivity contribution in [3.63, 3.8) is 0 Å². The van der Waals surface area contributed by atoms with Crippen molar-refractivity contribution >= 4 is 32.1 Å². The van der Waals surface area contributed by atoms with Crippen LogP contribution < -0.4 is 0 Å². The molecule has 21 heavy (non-hydrogen) atoms. The van der Waals surface area contributed by atoms with Crippen LogP contribution in [0.15, 0.2) is 23.8 Å². The van der Waals surface area contributed by atoms with Crippen LogP contribution in [0.1, 0.15) is 43.7 Å². The van der Waals surface area contributed by atoms with Crippen molar-refractivity contribution in [1.82, 2.24) is 4.98 Å². The lowest BCUT2D eigenvalue weighted by Crippen LogP contribution is -2.41. The van der Waals surface area contributed by atoms with E-state index in [1.54, 1.807) is 18.3 Å². The molecular weight excluding hydrogens is 285 g/mol. The summed E-state index contributed by atoms with van der Waals surface area (Å²) in [5.74, 6) is 0.508. The highest BCUT2D eigenvalue weighted by Crippen LogP contribution is 2.38. The summed E-state index contributed by atoms with van der Waals surface area (Å²) in [7, 11) is -0.431. The largest absolute Gasteiger partial charge is 0.491 e. The average Bonchev–Trinajstić information content (AvgIpc) is 2.65. The summed E-state index contributed by atoms with van der Waals surface area (Å²) in [6.45, 7) is 8.06. The summed E-state index contributed by atoms with van der Waals surface area (Å²) >= 11 is 4.36. The van der Waals surface area contributed by atoms with E-state index in [0.717, 1.165) is 17.5 Å². The fraction of sp³-hybridized carbons (Fsp3) is 0.467. The minimum atomic E-state index is -0.431. The van der Waals surface area contributed by atoms with Gasteiger partial charge in [-0.05, 0) is 51.4 Å². The SMILES string of the molecule is CC1(C)OB(C(=Cc2ccc(C=O)cn2)CS)OC1(C)C. The second kappa shape index (κ2) is 5.95. The monoisotopic (exact) mass is 305 g/mol. The van der Waals surface area contributed by atoms with Gasteiger partial charge in [0.05, 0.1) is 16.9 Å². The lowest BCUT2D eigenvalue weighted by molar-refractivity contribution is 0.00578. The van der Waals surface area contributed by atoms with E-state index >= 15 is 0 Å². The number of rotatable bonds is 4. The van der Waals surface area contributed by atoms with Crippen LogP contribution in [0.25, 0.3) is 6.08 Å². The normalized spacial score (nSPS) is 20.6. The fourth-order valence-corrected chi connectivity index (χ4v) is 2.18. The van der Waals surface area contributed by atoms with Gasteiger partial charge in [-0.3, -0.25) is 9.78 Å². The summed E-state index contributed by atoms with van der Waals surface area (Å²) in [5.41, 5.74) is 1.45. The highest BCUT2D eigenvalue weighted by molar-refractivity contribution is 7.80. The van der Waals surface area contributed by atoms with Crippen LogP contribution in [-0.4, -0.2) is 35.3 Å². The summed E-state index contributed by atoms with van der Waals surface area (Å²) in [4.78, 5) is 14.9. The molecule has 2 heterocycles. The third kappa shape index (κ3) is 3.39. The Kier molecular flexibility index (Phi) is 4.61. The second-order valence-corrected chi connectivity index (χ2v) is 6.42. The van der Waals surface area contributed by atoms with E-state index in [4.69, 9.17) is 9.31 Å². The first-order valence-electron chi connectivity index (χ1n) is 6.87. The quantitative estimate of drug-likeness (QED) is 0.528. The minimum Gasteiger partial charge on any atom is -0.400 e. The maximum absolute atomic E-state index is 10.6. The first kappa shape index (κ1) is 16.3. The third-order valence-corrected chi connectivity index (χ3v) is 4.38. The van der Waals surface area contributed by atoms with Gasteiger partial charge in [-0.25, -0.2) is 0 Å². The van der Waals surface area contributed by atoms with Crippen molar-refractivity contribution in [3.05, 3.63) is 35.1 Å². The highest BCUT2D eigenvalue weighted by Gasteiger charge is 2.52. The Morgan fingerprint density at radius 3 is 2.33 bits per heavy atom. The number of carbonyl (C=O) groups is 1. The van der Waals surface area contributed by atoms with Crippen LogP contribution in [0.2, 0.25) is 0 Å². The molecule has 6 heteroatoms. The van der Waals surface area contributed by atoms with Crippen LogP contribution in [0.4, 0.5) is 0 Å². The van der Waals surface area contributed by atoms with Crippen LogP contribution in [-0.2, 0) is 9.31 Å². The predicted octanol–water partition coefficient (Wildman–Crippen LogP) is 2.84. The lowest BCUT2D eigenvalue weighted by Gasteiger charge is -2.32. The molecular formula is C15H20BNO3S. The molecule has 0 radical (unpaired) electrons. The van der Waals surface area contributed by atoms with Crippen molar-refractivity contribution in [2.45, 2.75) is 38.9 Å². The molecule has 0 aromatic carbocycles. The number of carbonyl (C=O) groups excluding carboxylic acids is 1. The first-order chi connectivity index (χ1) is 9.79. The molecule has 0 saturated carbocycles. The number of aromatic nitrogens is 1. The van der Waals surface area contributed by atoms with E-state index < -0.39 is 7.12 Å². The van der Waals surface area contributed by atoms with Gasteiger partial charge in [-0.15, -0.1) is 0 Å². The molecule has 1 fully saturated rings. The Morgan fingerprint density at radius 1 is 1.29 bits per heavy atom. The number of thiol groups is 1. The van der Waals surface area contributed by atoms with Gasteiger partial charge in [0.2, 0.25) is 0 Å². The van der Waals surface area contributed by atoms with E-state index in [0.29, 0.717) is 11.3 Å². The van der Waals surface area contributed by atoms with Gasteiger partial charge in [0, 0.05) is 17.5 Å². The van der Waals surface area contributed by atoms with Gasteiger partial charge in [-0.2, -0.15) is 12.6 Å². The number of pyridine rings is 1. The number of nitrogens with zero attached hydrogens (tertiary/aromatic N) is 1. The number of hydrogen-bond donors (Lipinski definition) is 1. The maximum atomic E-state index is 10.6. The molecule has 0 N–H and O–H groups in total. The maximum Gasteiger partial charge on any atom is 0.491 e. The second-order valence-electron chi connectivity index (χ2n) is 6.10. The van der Waals surface area contributed by atoms with Crippen molar-refractivity contribution in [2.24, 2.45) is 0 Å². The standard InChI is InChI=1S/C15H20BNO3S/c1-14(2)15(3,4)20-16(19-14)12(10-21)7-13-6-5-11(9-18)8-17-13/h5-9,21H,10H2,1-4H3. The first-order valence-corrected chi connectivity index (χ1v) is 7.50. The molecule has 0 atom stereocenters. The number of aldehydes is 1. The predicted molar refractivity (Wildman–Crippen MR) is 87.5 cm³/mol. The Morgan fingerprint density at radius 2 is 1.90 bits per heavy atom. The van der Waals surface area contributed by atoms with Crippen LogP contribution in [0, 0.1) is 0 Å². The minimum absolute atomic E-state index is 0.380. The lowest BCUT2D eigenvalue weighted by atomic mass is 9.78. The zero-order valence-electron chi connectivity index (χ0n) is 12.8. The molecule has 1 aromatic heterocycles. The van der Waals surface area contributed by atoms with Gasteiger partial charge >= 0.3 is 7.12 Å². The molecule has 0 bridgehead atoms. The summed E-state index contributed by atoms with van der Waals surface area (Å²) < 4.78 is 12.0. The molecule has 1 saturated heterocycles. The third-order valence-electron chi connectivity index (χ3n) is 4.02. The van der Waals surface area contributed by atoms with Crippen molar-refractivity contribution in [3.8, 4) is 0 Å². The zero-order chi connectivity index (χ0) is 15.7. The van der Waals surface area contributed by atoms with E-state index in [1.807, 2.05) is 33.8 Å². The molecule has 1 aliphatic heterocycles. The van der Waals surface area contributed by atoms with Crippen molar-refractivity contribution in [1.29, 1.82) is 0 Å². The summed E-state index contributed by atoms with van der Waals surface area (Å²) in [6, 6.07) is 3.52. The van der Waals surface area contributed by atoms with Gasteiger partial charge < -0.3 is 9.31 Å². The van der Waals surface area contributed by atoms with Crippen LogP contribution in [0.3, 0.4) is 0 Å². The molecule has 1 aromatic rings. The highest BCUT2D eigenvalue weighted by atomic mass is 32.1. The molecule has 0 spiro atoms. The molecule has 112 valence electrons. The van der Waals surface area contributed by atoms with Crippen molar-refractivity contribution in [2.75, 3.05) is 5.75 Å². The van der Waals surface area contributed by atoms with E-state index in [-0.39, 0.29) is 11.2 Å². The fourth-order valence-electron chi connectivity index (χ4n) is 1.94. The van der Waals surface area contributed by atoms with E-state index in [1.165, 1.54) is 0 Å². The molecule has 2 rings (SSSR count).